The fraction of sp³-hybridized carbons (Fsp3) is 0.333. The van der Waals surface area contributed by atoms with E-state index in [1.807, 2.05) is 0 Å². The molecule has 0 amide bonds. The number of hydrogen-bond donors (Lipinski definition) is 0. The number of hydrogen-bond acceptors (Lipinski definition) is 0. The predicted octanol–water partition coefficient (Wildman–Crippen LogP) is 3.57. The van der Waals surface area contributed by atoms with Gasteiger partial charge in [-0.05, 0) is 6.92 Å². The molecule has 0 bridgehead atoms. The van der Waals surface area contributed by atoms with Crippen molar-refractivity contribution in [3.8, 4) is 0 Å². The molecular weight excluding hydrogens is 186 g/mol. The normalized spacial score (nSPS) is 10.0. The van der Waals surface area contributed by atoms with Gasteiger partial charge in [0.1, 0.15) is 0 Å². The summed E-state index contributed by atoms with van der Waals surface area (Å²) in [6, 6.07) is 0. The van der Waals surface area contributed by atoms with Crippen molar-refractivity contribution in [2.45, 2.75) is 13.3 Å². The first kappa shape index (κ1) is 11.1. The maximum Gasteiger partial charge on any atom is 0.279 e. The van der Waals surface area contributed by atoms with Crippen molar-refractivity contribution in [2.75, 3.05) is 0 Å². The summed E-state index contributed by atoms with van der Waals surface area (Å²) >= 11 is 0. The topological polar surface area (TPSA) is 0 Å². The highest BCUT2D eigenvalue weighted by atomic mass is 19.3. The lowest BCUT2D eigenvalue weighted by atomic mass is 10.1. The maximum absolute atomic E-state index is 11.7. The molecule has 0 aliphatic rings. The summed E-state index contributed by atoms with van der Waals surface area (Å²) in [6.07, 6.45) is -8.90. The lowest BCUT2D eigenvalue weighted by Gasteiger charge is -2.02. The van der Waals surface area contributed by atoms with Gasteiger partial charge in [0.25, 0.3) is 18.6 Å². The van der Waals surface area contributed by atoms with Gasteiger partial charge in [0.2, 0.25) is 0 Å². The quantitative estimate of drug-likeness (QED) is 0.461. The van der Waals surface area contributed by atoms with Crippen LogP contribution in [0.5, 0.6) is 0 Å². The molecule has 0 aromatic rings. The van der Waals surface area contributed by atoms with Crippen molar-refractivity contribution < 1.29 is 26.3 Å². The molecule has 0 aliphatic carbocycles. The molecule has 70 valence electrons. The highest BCUT2D eigenvalue weighted by Gasteiger charge is 2.22. The minimum absolute atomic E-state index is 0.510. The molecule has 0 heterocycles. The Balaban J connectivity index is 5.07. The fourth-order valence-corrected chi connectivity index (χ4v) is 0.490. The maximum atomic E-state index is 11.7. The number of halogens is 6. The van der Waals surface area contributed by atoms with Gasteiger partial charge in [-0.3, -0.25) is 0 Å². The summed E-state index contributed by atoms with van der Waals surface area (Å²) in [4.78, 5) is 0. The van der Waals surface area contributed by atoms with E-state index in [0.717, 1.165) is 0 Å². The van der Waals surface area contributed by atoms with Crippen LogP contribution in [0.4, 0.5) is 26.3 Å². The highest BCUT2D eigenvalue weighted by Crippen LogP contribution is 2.26. The summed E-state index contributed by atoms with van der Waals surface area (Å²) in [5, 5.41) is 0. The first-order valence-corrected chi connectivity index (χ1v) is 2.73. The van der Waals surface area contributed by atoms with Gasteiger partial charge in [0.15, 0.2) is 0 Å². The van der Waals surface area contributed by atoms with E-state index in [4.69, 9.17) is 0 Å². The summed E-state index contributed by atoms with van der Waals surface area (Å²) in [5.41, 5.74) is -3.26. The minimum Gasteiger partial charge on any atom is -0.205 e. The zero-order valence-corrected chi connectivity index (χ0v) is 5.85. The molecule has 12 heavy (non-hydrogen) atoms. The number of allylic oxidation sites excluding steroid dienone is 2. The van der Waals surface area contributed by atoms with E-state index in [-0.39, 0.29) is 0 Å². The van der Waals surface area contributed by atoms with Crippen molar-refractivity contribution in [1.82, 2.24) is 0 Å². The van der Waals surface area contributed by atoms with Crippen molar-refractivity contribution in [2.24, 2.45) is 0 Å². The second kappa shape index (κ2) is 4.18. The monoisotopic (exact) mass is 190 g/mol. The smallest absolute Gasteiger partial charge is 0.205 e. The van der Waals surface area contributed by atoms with Crippen molar-refractivity contribution in [1.29, 1.82) is 0 Å². The van der Waals surface area contributed by atoms with E-state index in [0.29, 0.717) is 6.92 Å². The Morgan fingerprint density at radius 1 is 0.917 bits per heavy atom. The zero-order valence-electron chi connectivity index (χ0n) is 5.85. The molecular formula is C6H4F6. The lowest BCUT2D eigenvalue weighted by Crippen LogP contribution is -2.00. The third kappa shape index (κ3) is 2.60. The minimum atomic E-state index is -3.59. The summed E-state index contributed by atoms with van der Waals surface area (Å²) in [5.74, 6) is 0. The third-order valence-corrected chi connectivity index (χ3v) is 1.11. The van der Waals surface area contributed by atoms with Crippen molar-refractivity contribution in [3.63, 3.8) is 0 Å². The Morgan fingerprint density at radius 3 is 1.42 bits per heavy atom. The molecule has 0 aliphatic heterocycles. The van der Waals surface area contributed by atoms with Gasteiger partial charge in [-0.15, -0.1) is 0 Å². The lowest BCUT2D eigenvalue weighted by molar-refractivity contribution is 0.180. The van der Waals surface area contributed by atoms with E-state index >= 15 is 0 Å². The SMILES string of the molecule is CC(=C(F)F)C(=C(F)F)C(F)F. The van der Waals surface area contributed by atoms with Crippen LogP contribution < -0.4 is 0 Å². The van der Waals surface area contributed by atoms with Crippen LogP contribution in [0, 0.1) is 0 Å². The van der Waals surface area contributed by atoms with Crippen molar-refractivity contribution >= 4 is 0 Å². The van der Waals surface area contributed by atoms with Gasteiger partial charge in [0.05, 0.1) is 5.57 Å². The van der Waals surface area contributed by atoms with E-state index in [1.165, 1.54) is 0 Å². The molecule has 0 N–H and O–H groups in total. The van der Waals surface area contributed by atoms with Crippen LogP contribution in [0.2, 0.25) is 0 Å². The Morgan fingerprint density at radius 2 is 1.33 bits per heavy atom. The second-order valence-corrected chi connectivity index (χ2v) is 1.86. The Bertz CT molecular complexity index is 218. The molecule has 0 fully saturated rings. The van der Waals surface area contributed by atoms with Crippen molar-refractivity contribution in [3.05, 3.63) is 23.3 Å². The molecule has 0 saturated heterocycles. The summed E-state index contributed by atoms with van der Waals surface area (Å²) in [6.45, 7) is 0.510. The molecule has 0 unspecified atom stereocenters. The fourth-order valence-electron chi connectivity index (χ4n) is 0.490. The first-order chi connectivity index (χ1) is 5.37. The molecule has 0 rings (SSSR count). The molecule has 0 aromatic carbocycles. The Kier molecular flexibility index (Phi) is 3.85. The Labute approximate surface area is 64.2 Å². The largest absolute Gasteiger partial charge is 0.279 e. The molecule has 0 radical (unpaired) electrons. The van der Waals surface area contributed by atoms with Gasteiger partial charge < -0.3 is 0 Å². The first-order valence-electron chi connectivity index (χ1n) is 2.73. The summed E-state index contributed by atoms with van der Waals surface area (Å²) < 4.78 is 69.7. The van der Waals surface area contributed by atoms with Crippen LogP contribution >= 0.6 is 0 Å². The van der Waals surface area contributed by atoms with Crippen LogP contribution in [-0.4, -0.2) is 6.43 Å². The molecule has 6 heteroatoms. The van der Waals surface area contributed by atoms with E-state index in [2.05, 4.69) is 0 Å². The molecule has 0 saturated carbocycles. The Hall–Kier alpha value is -0.940. The summed E-state index contributed by atoms with van der Waals surface area (Å²) in [7, 11) is 0. The highest BCUT2D eigenvalue weighted by molar-refractivity contribution is 5.31. The van der Waals surface area contributed by atoms with Crippen LogP contribution in [0.3, 0.4) is 0 Å². The standard InChI is InChI=1S/C6H4F6/c1-2(4(7)8)3(5(9)10)6(11)12/h5H,1H3. The molecule has 0 aromatic heterocycles. The van der Waals surface area contributed by atoms with Gasteiger partial charge >= 0.3 is 0 Å². The van der Waals surface area contributed by atoms with E-state index in [9.17, 15) is 26.3 Å². The van der Waals surface area contributed by atoms with Gasteiger partial charge in [0, 0.05) is 5.57 Å². The van der Waals surface area contributed by atoms with E-state index < -0.39 is 29.7 Å². The second-order valence-electron chi connectivity index (χ2n) is 1.86. The molecule has 0 nitrogen and oxygen atoms in total. The zero-order chi connectivity index (χ0) is 9.89. The molecule has 0 spiro atoms. The van der Waals surface area contributed by atoms with Crippen LogP contribution in [-0.2, 0) is 0 Å². The number of rotatable bonds is 2. The molecule has 0 atom stereocenters. The predicted molar refractivity (Wildman–Crippen MR) is 30.2 cm³/mol. The van der Waals surface area contributed by atoms with Crippen LogP contribution in [0.25, 0.3) is 0 Å². The number of alkyl halides is 2. The van der Waals surface area contributed by atoms with Crippen LogP contribution in [0.1, 0.15) is 6.92 Å². The average Bonchev–Trinajstić information content (AvgIpc) is 1.85. The third-order valence-electron chi connectivity index (χ3n) is 1.11. The average molecular weight is 190 g/mol. The van der Waals surface area contributed by atoms with E-state index in [1.54, 1.807) is 0 Å². The van der Waals surface area contributed by atoms with Gasteiger partial charge in [-0.25, -0.2) is 8.78 Å². The van der Waals surface area contributed by atoms with Gasteiger partial charge in [-0.2, -0.15) is 17.6 Å². The van der Waals surface area contributed by atoms with Crippen LogP contribution in [0.15, 0.2) is 23.3 Å². The van der Waals surface area contributed by atoms with Gasteiger partial charge in [-0.1, -0.05) is 0 Å².